The van der Waals surface area contributed by atoms with E-state index in [0.717, 1.165) is 43.7 Å². The summed E-state index contributed by atoms with van der Waals surface area (Å²) < 4.78 is 6.02. The molecule has 0 saturated carbocycles. The summed E-state index contributed by atoms with van der Waals surface area (Å²) in [6.45, 7) is 6.43. The third-order valence-corrected chi connectivity index (χ3v) is 4.33. The Labute approximate surface area is 126 Å². The second-order valence-electron chi connectivity index (χ2n) is 6.63. The Morgan fingerprint density at radius 1 is 1.33 bits per heavy atom. The Morgan fingerprint density at radius 2 is 2.05 bits per heavy atom. The lowest BCUT2D eigenvalue weighted by molar-refractivity contribution is -0.129. The normalized spacial score (nSPS) is 23.5. The van der Waals surface area contributed by atoms with Gasteiger partial charge in [0.1, 0.15) is 11.4 Å². The van der Waals surface area contributed by atoms with Gasteiger partial charge in [0.2, 0.25) is 5.91 Å². The topological polar surface area (TPSA) is 41.6 Å². The molecule has 0 bridgehead atoms. The first kappa shape index (κ1) is 14.4. The number of rotatable bonds is 3. The number of benzene rings is 1. The van der Waals surface area contributed by atoms with Crippen LogP contribution in [0.25, 0.3) is 0 Å². The van der Waals surface area contributed by atoms with E-state index in [2.05, 4.69) is 25.2 Å². The van der Waals surface area contributed by atoms with Crippen molar-refractivity contribution in [1.82, 2.24) is 10.2 Å². The van der Waals surface area contributed by atoms with Crippen LogP contribution >= 0.6 is 0 Å². The molecule has 21 heavy (non-hydrogen) atoms. The predicted molar refractivity (Wildman–Crippen MR) is 82.3 cm³/mol. The van der Waals surface area contributed by atoms with Crippen LogP contribution in [0.15, 0.2) is 24.3 Å². The molecular weight excluding hydrogens is 264 g/mol. The highest BCUT2D eigenvalue weighted by Gasteiger charge is 2.33. The maximum absolute atomic E-state index is 12.2. The molecule has 1 N–H and O–H groups in total. The molecule has 0 aliphatic carbocycles. The van der Waals surface area contributed by atoms with Gasteiger partial charge in [-0.3, -0.25) is 4.79 Å². The van der Waals surface area contributed by atoms with E-state index in [1.54, 1.807) is 0 Å². The number of carbonyl (C=O) groups is 1. The molecule has 0 spiro atoms. The van der Waals surface area contributed by atoms with Crippen LogP contribution < -0.4 is 10.1 Å². The first-order chi connectivity index (χ1) is 10.1. The number of amides is 1. The summed E-state index contributed by atoms with van der Waals surface area (Å²) in [5.74, 6) is 1.15. The summed E-state index contributed by atoms with van der Waals surface area (Å²) in [7, 11) is 0. The summed E-state index contributed by atoms with van der Waals surface area (Å²) in [4.78, 5) is 14.2. The molecule has 0 aromatic heterocycles. The number of ether oxygens (including phenoxy) is 1. The fourth-order valence-corrected chi connectivity index (χ4v) is 3.27. The van der Waals surface area contributed by atoms with Crippen molar-refractivity contribution in [2.24, 2.45) is 0 Å². The molecule has 4 nitrogen and oxygen atoms in total. The highest BCUT2D eigenvalue weighted by atomic mass is 16.5. The van der Waals surface area contributed by atoms with E-state index in [9.17, 15) is 4.79 Å². The van der Waals surface area contributed by atoms with Crippen molar-refractivity contribution in [2.75, 3.05) is 19.6 Å². The zero-order valence-corrected chi connectivity index (χ0v) is 12.9. The number of nitrogens with zero attached hydrogens (tertiary/aromatic N) is 1. The van der Waals surface area contributed by atoms with Crippen molar-refractivity contribution in [3.05, 3.63) is 29.8 Å². The van der Waals surface area contributed by atoms with Crippen molar-refractivity contribution < 1.29 is 9.53 Å². The van der Waals surface area contributed by atoms with Gasteiger partial charge in [0.05, 0.1) is 6.54 Å². The Hall–Kier alpha value is -1.55. The first-order valence-electron chi connectivity index (χ1n) is 7.84. The summed E-state index contributed by atoms with van der Waals surface area (Å²) in [5.41, 5.74) is 0.953. The Balaban J connectivity index is 1.68. The highest BCUT2D eigenvalue weighted by Crippen LogP contribution is 2.39. The van der Waals surface area contributed by atoms with Gasteiger partial charge in [0.15, 0.2) is 0 Å². The standard InChI is InChI=1S/C17H24N2O2/c1-17(2)11-14(13-7-3-4-8-15(13)21-17)18-12-16(20)19-9-5-6-10-19/h3-4,7-8,14,18H,5-6,9-12H2,1-2H3. The van der Waals surface area contributed by atoms with Crippen LogP contribution in [0.3, 0.4) is 0 Å². The summed E-state index contributed by atoms with van der Waals surface area (Å²) in [6, 6.07) is 8.29. The monoisotopic (exact) mass is 288 g/mol. The van der Waals surface area contributed by atoms with Gasteiger partial charge in [-0.1, -0.05) is 18.2 Å². The van der Waals surface area contributed by atoms with Crippen LogP contribution in [0, 0.1) is 0 Å². The van der Waals surface area contributed by atoms with Gasteiger partial charge in [-0.2, -0.15) is 0 Å². The molecule has 2 aliphatic heterocycles. The van der Waals surface area contributed by atoms with Crippen LogP contribution in [-0.2, 0) is 4.79 Å². The van der Waals surface area contributed by atoms with Crippen molar-refractivity contribution in [3.63, 3.8) is 0 Å². The van der Waals surface area contributed by atoms with Gasteiger partial charge in [0, 0.05) is 31.1 Å². The van der Waals surface area contributed by atoms with Crippen LogP contribution in [0.1, 0.15) is 44.7 Å². The van der Waals surface area contributed by atoms with Crippen molar-refractivity contribution in [1.29, 1.82) is 0 Å². The summed E-state index contributed by atoms with van der Waals surface area (Å²) >= 11 is 0. The molecule has 1 unspecified atom stereocenters. The molecule has 3 rings (SSSR count). The molecule has 1 atom stereocenters. The van der Waals surface area contributed by atoms with E-state index in [1.165, 1.54) is 0 Å². The number of hydrogen-bond donors (Lipinski definition) is 1. The second kappa shape index (κ2) is 5.68. The molecule has 4 heteroatoms. The average Bonchev–Trinajstić information content (AvgIpc) is 2.97. The van der Waals surface area contributed by atoms with E-state index >= 15 is 0 Å². The molecule has 1 saturated heterocycles. The average molecular weight is 288 g/mol. The first-order valence-corrected chi connectivity index (χ1v) is 7.84. The summed E-state index contributed by atoms with van der Waals surface area (Å²) in [6.07, 6.45) is 3.15. The van der Waals surface area contributed by atoms with Crippen LogP contribution in [0.2, 0.25) is 0 Å². The SMILES string of the molecule is CC1(C)CC(NCC(=O)N2CCCC2)c2ccccc2O1. The van der Waals surface area contributed by atoms with E-state index in [4.69, 9.17) is 4.74 Å². The van der Waals surface area contributed by atoms with Crippen LogP contribution in [-0.4, -0.2) is 36.0 Å². The van der Waals surface area contributed by atoms with Gasteiger partial charge in [0.25, 0.3) is 0 Å². The predicted octanol–water partition coefficient (Wildman–Crippen LogP) is 2.50. The lowest BCUT2D eigenvalue weighted by Crippen LogP contribution is -2.43. The lowest BCUT2D eigenvalue weighted by Gasteiger charge is -2.38. The molecule has 2 aliphatic rings. The van der Waals surface area contributed by atoms with Crippen molar-refractivity contribution in [3.8, 4) is 5.75 Å². The highest BCUT2D eigenvalue weighted by molar-refractivity contribution is 5.78. The molecule has 1 fully saturated rings. The maximum Gasteiger partial charge on any atom is 0.236 e. The number of nitrogens with one attached hydrogen (secondary N) is 1. The van der Waals surface area contributed by atoms with Gasteiger partial charge < -0.3 is 15.0 Å². The number of likely N-dealkylation sites (tertiary alicyclic amines) is 1. The van der Waals surface area contributed by atoms with E-state index < -0.39 is 0 Å². The minimum absolute atomic E-state index is 0.177. The zero-order valence-electron chi connectivity index (χ0n) is 12.9. The number of hydrogen-bond acceptors (Lipinski definition) is 3. The zero-order chi connectivity index (χ0) is 14.9. The fourth-order valence-electron chi connectivity index (χ4n) is 3.27. The minimum Gasteiger partial charge on any atom is -0.487 e. The fraction of sp³-hybridized carbons (Fsp3) is 0.588. The Morgan fingerprint density at radius 3 is 2.81 bits per heavy atom. The Bertz CT molecular complexity index is 521. The molecule has 1 amide bonds. The number of carbonyl (C=O) groups excluding carboxylic acids is 1. The smallest absolute Gasteiger partial charge is 0.236 e. The van der Waals surface area contributed by atoms with E-state index in [-0.39, 0.29) is 17.6 Å². The second-order valence-corrected chi connectivity index (χ2v) is 6.63. The largest absolute Gasteiger partial charge is 0.487 e. The van der Waals surface area contributed by atoms with Crippen molar-refractivity contribution >= 4 is 5.91 Å². The van der Waals surface area contributed by atoms with Crippen LogP contribution in [0.4, 0.5) is 0 Å². The third kappa shape index (κ3) is 3.21. The summed E-state index contributed by atoms with van der Waals surface area (Å²) in [5, 5.41) is 3.44. The molecule has 0 radical (unpaired) electrons. The van der Waals surface area contributed by atoms with Gasteiger partial charge in [-0.05, 0) is 32.8 Å². The van der Waals surface area contributed by atoms with E-state index in [0.29, 0.717) is 6.54 Å². The molecule has 114 valence electrons. The third-order valence-electron chi connectivity index (χ3n) is 4.33. The van der Waals surface area contributed by atoms with E-state index in [1.807, 2.05) is 23.1 Å². The lowest BCUT2D eigenvalue weighted by atomic mass is 9.90. The quantitative estimate of drug-likeness (QED) is 0.929. The van der Waals surface area contributed by atoms with Gasteiger partial charge in [-0.25, -0.2) is 0 Å². The molecule has 1 aromatic rings. The van der Waals surface area contributed by atoms with Crippen molar-refractivity contribution in [2.45, 2.75) is 44.8 Å². The van der Waals surface area contributed by atoms with Crippen LogP contribution in [0.5, 0.6) is 5.75 Å². The number of fused-ring (bicyclic) bond motifs is 1. The van der Waals surface area contributed by atoms with Gasteiger partial charge >= 0.3 is 0 Å². The maximum atomic E-state index is 12.2. The molecule has 1 aromatic carbocycles. The molecule has 2 heterocycles. The van der Waals surface area contributed by atoms with Gasteiger partial charge in [-0.15, -0.1) is 0 Å². The molecular formula is C17H24N2O2. The Kier molecular flexibility index (Phi) is 3.89. The number of para-hydroxylation sites is 1. The minimum atomic E-state index is -0.206.